The van der Waals surface area contributed by atoms with E-state index in [1.807, 2.05) is 31.2 Å². The summed E-state index contributed by atoms with van der Waals surface area (Å²) in [5, 5.41) is 11.6. The van der Waals surface area contributed by atoms with Crippen molar-refractivity contribution in [3.63, 3.8) is 0 Å². The summed E-state index contributed by atoms with van der Waals surface area (Å²) in [7, 11) is 0. The number of aromatic nitrogens is 1. The van der Waals surface area contributed by atoms with E-state index in [1.54, 1.807) is 12.1 Å². The molecule has 0 bridgehead atoms. The first-order chi connectivity index (χ1) is 11.1. The second kappa shape index (κ2) is 5.84. The van der Waals surface area contributed by atoms with Crippen molar-refractivity contribution >= 4 is 28.5 Å². The standard InChI is InChI=1S/C17H13N3O3/c1-11-14-4-2-3-5-15(14)19-17(21)16(11)18-10-12-6-8-13(9-7-12)20(22)23/h2-10H,1H3,(H,19,21). The summed E-state index contributed by atoms with van der Waals surface area (Å²) in [6, 6.07) is 13.5. The number of aliphatic imine (C=N–C) groups is 1. The van der Waals surface area contributed by atoms with Gasteiger partial charge >= 0.3 is 0 Å². The molecule has 0 spiro atoms. The van der Waals surface area contributed by atoms with Gasteiger partial charge in [0, 0.05) is 29.3 Å². The number of nitrogens with one attached hydrogen (secondary N) is 1. The zero-order valence-corrected chi connectivity index (χ0v) is 12.3. The van der Waals surface area contributed by atoms with Crippen LogP contribution in [0.2, 0.25) is 0 Å². The van der Waals surface area contributed by atoms with Crippen molar-refractivity contribution in [3.8, 4) is 0 Å². The number of H-pyrrole nitrogens is 1. The zero-order valence-electron chi connectivity index (χ0n) is 12.3. The maximum atomic E-state index is 12.2. The fourth-order valence-electron chi connectivity index (χ4n) is 2.38. The molecule has 6 heteroatoms. The van der Waals surface area contributed by atoms with Crippen molar-refractivity contribution in [3.05, 3.63) is 80.1 Å². The number of benzene rings is 2. The summed E-state index contributed by atoms with van der Waals surface area (Å²) in [5.74, 6) is 0. The summed E-state index contributed by atoms with van der Waals surface area (Å²) in [6.07, 6.45) is 1.52. The number of hydrogen-bond acceptors (Lipinski definition) is 4. The Kier molecular flexibility index (Phi) is 3.72. The quantitative estimate of drug-likeness (QED) is 0.456. The van der Waals surface area contributed by atoms with Crippen LogP contribution in [0.4, 0.5) is 11.4 Å². The third-order valence-corrected chi connectivity index (χ3v) is 3.60. The Labute approximate surface area is 131 Å². The lowest BCUT2D eigenvalue weighted by molar-refractivity contribution is -0.384. The number of aryl methyl sites for hydroxylation is 1. The Morgan fingerprint density at radius 2 is 1.83 bits per heavy atom. The smallest absolute Gasteiger partial charge is 0.274 e. The Morgan fingerprint density at radius 3 is 2.52 bits per heavy atom. The highest BCUT2D eigenvalue weighted by molar-refractivity contribution is 5.88. The fourth-order valence-corrected chi connectivity index (χ4v) is 2.38. The average molecular weight is 307 g/mol. The molecule has 6 nitrogen and oxygen atoms in total. The molecular weight excluding hydrogens is 294 g/mol. The third-order valence-electron chi connectivity index (χ3n) is 3.60. The molecule has 3 aromatic rings. The Morgan fingerprint density at radius 1 is 1.13 bits per heavy atom. The first kappa shape index (κ1) is 14.6. The largest absolute Gasteiger partial charge is 0.320 e. The second-order valence-corrected chi connectivity index (χ2v) is 5.08. The molecule has 0 aliphatic rings. The number of nitro benzene ring substituents is 1. The van der Waals surface area contributed by atoms with Crippen LogP contribution in [0.15, 0.2) is 58.3 Å². The summed E-state index contributed by atoms with van der Waals surface area (Å²) in [4.78, 5) is 29.4. The van der Waals surface area contributed by atoms with Crippen LogP contribution in [0, 0.1) is 17.0 Å². The lowest BCUT2D eigenvalue weighted by Crippen LogP contribution is -2.07. The average Bonchev–Trinajstić information content (AvgIpc) is 2.55. The lowest BCUT2D eigenvalue weighted by Gasteiger charge is -2.04. The molecule has 2 aromatic carbocycles. The van der Waals surface area contributed by atoms with Gasteiger partial charge in [0.15, 0.2) is 0 Å². The second-order valence-electron chi connectivity index (χ2n) is 5.08. The molecule has 0 amide bonds. The van der Waals surface area contributed by atoms with Gasteiger partial charge in [-0.2, -0.15) is 0 Å². The van der Waals surface area contributed by atoms with Crippen LogP contribution in [0.3, 0.4) is 0 Å². The minimum atomic E-state index is -0.459. The van der Waals surface area contributed by atoms with Crippen LogP contribution in [0.5, 0.6) is 0 Å². The van der Waals surface area contributed by atoms with Gasteiger partial charge in [-0.15, -0.1) is 0 Å². The van der Waals surface area contributed by atoms with Gasteiger partial charge in [-0.1, -0.05) is 18.2 Å². The van der Waals surface area contributed by atoms with Gasteiger partial charge in [-0.3, -0.25) is 19.9 Å². The zero-order chi connectivity index (χ0) is 16.4. The number of rotatable bonds is 3. The molecular formula is C17H13N3O3. The predicted octanol–water partition coefficient (Wildman–Crippen LogP) is 3.50. The number of hydrogen-bond donors (Lipinski definition) is 1. The highest BCUT2D eigenvalue weighted by Crippen LogP contribution is 2.22. The van der Waals surface area contributed by atoms with Crippen LogP contribution < -0.4 is 5.56 Å². The molecule has 114 valence electrons. The molecule has 0 unspecified atom stereocenters. The maximum absolute atomic E-state index is 12.2. The van der Waals surface area contributed by atoms with E-state index < -0.39 is 4.92 Å². The van der Waals surface area contributed by atoms with E-state index in [0.717, 1.165) is 16.5 Å². The molecule has 0 aliphatic carbocycles. The van der Waals surface area contributed by atoms with Crippen LogP contribution >= 0.6 is 0 Å². The molecule has 1 heterocycles. The normalized spacial score (nSPS) is 11.2. The van der Waals surface area contributed by atoms with Crippen molar-refractivity contribution in [1.82, 2.24) is 4.98 Å². The van der Waals surface area contributed by atoms with Gasteiger partial charge in [-0.05, 0) is 36.2 Å². The molecule has 0 saturated carbocycles. The van der Waals surface area contributed by atoms with Gasteiger partial charge in [-0.25, -0.2) is 0 Å². The fraction of sp³-hybridized carbons (Fsp3) is 0.0588. The summed E-state index contributed by atoms with van der Waals surface area (Å²) >= 11 is 0. The SMILES string of the molecule is Cc1c(N=Cc2ccc([N+](=O)[O-])cc2)c(=O)[nH]c2ccccc12. The first-order valence-electron chi connectivity index (χ1n) is 6.96. The van der Waals surface area contributed by atoms with Gasteiger partial charge in [0.25, 0.3) is 11.2 Å². The lowest BCUT2D eigenvalue weighted by atomic mass is 10.1. The van der Waals surface area contributed by atoms with E-state index in [2.05, 4.69) is 9.98 Å². The van der Waals surface area contributed by atoms with E-state index in [1.165, 1.54) is 18.3 Å². The molecule has 0 radical (unpaired) electrons. The van der Waals surface area contributed by atoms with Crippen LogP contribution in [0.25, 0.3) is 10.9 Å². The first-order valence-corrected chi connectivity index (χ1v) is 6.96. The number of nitrogens with zero attached hydrogens (tertiary/aromatic N) is 2. The summed E-state index contributed by atoms with van der Waals surface area (Å²) < 4.78 is 0. The predicted molar refractivity (Wildman–Crippen MR) is 89.7 cm³/mol. The third kappa shape index (κ3) is 2.87. The van der Waals surface area contributed by atoms with E-state index in [9.17, 15) is 14.9 Å². The number of non-ortho nitro benzene ring substituents is 1. The maximum Gasteiger partial charge on any atom is 0.274 e. The van der Waals surface area contributed by atoms with Crippen molar-refractivity contribution in [2.45, 2.75) is 6.92 Å². The molecule has 0 atom stereocenters. The van der Waals surface area contributed by atoms with E-state index in [4.69, 9.17) is 0 Å². The highest BCUT2D eigenvalue weighted by Gasteiger charge is 2.07. The van der Waals surface area contributed by atoms with Crippen molar-refractivity contribution in [2.24, 2.45) is 4.99 Å². The van der Waals surface area contributed by atoms with Gasteiger partial charge in [0.2, 0.25) is 0 Å². The van der Waals surface area contributed by atoms with Crippen LogP contribution in [0.1, 0.15) is 11.1 Å². The van der Waals surface area contributed by atoms with Crippen LogP contribution in [-0.4, -0.2) is 16.1 Å². The molecule has 0 saturated heterocycles. The Balaban J connectivity index is 2.00. The number of pyridine rings is 1. The minimum Gasteiger partial charge on any atom is -0.320 e. The molecule has 0 fully saturated rings. The molecule has 1 N–H and O–H groups in total. The number of para-hydroxylation sites is 1. The minimum absolute atomic E-state index is 0.0156. The van der Waals surface area contributed by atoms with Crippen molar-refractivity contribution < 1.29 is 4.92 Å². The number of aromatic amines is 1. The molecule has 1 aromatic heterocycles. The van der Waals surface area contributed by atoms with Gasteiger partial charge < -0.3 is 4.98 Å². The Hall–Kier alpha value is -3.28. The summed E-state index contributed by atoms with van der Waals surface area (Å²) in [5.41, 5.74) is 2.33. The topological polar surface area (TPSA) is 88.4 Å². The molecule has 23 heavy (non-hydrogen) atoms. The van der Waals surface area contributed by atoms with E-state index in [0.29, 0.717) is 11.3 Å². The number of fused-ring (bicyclic) bond motifs is 1. The Bertz CT molecular complexity index is 973. The van der Waals surface area contributed by atoms with Gasteiger partial charge in [0.05, 0.1) is 4.92 Å². The van der Waals surface area contributed by atoms with E-state index >= 15 is 0 Å². The molecule has 3 rings (SSSR count). The van der Waals surface area contributed by atoms with Crippen molar-refractivity contribution in [2.75, 3.05) is 0 Å². The van der Waals surface area contributed by atoms with Crippen molar-refractivity contribution in [1.29, 1.82) is 0 Å². The monoisotopic (exact) mass is 307 g/mol. The van der Waals surface area contributed by atoms with E-state index in [-0.39, 0.29) is 11.2 Å². The highest BCUT2D eigenvalue weighted by atomic mass is 16.6. The summed E-state index contributed by atoms with van der Waals surface area (Å²) in [6.45, 7) is 1.85. The van der Waals surface area contributed by atoms with Crippen LogP contribution in [-0.2, 0) is 0 Å². The molecule has 0 aliphatic heterocycles. The van der Waals surface area contributed by atoms with Gasteiger partial charge in [0.1, 0.15) is 5.69 Å². The number of nitro groups is 1.